The van der Waals surface area contributed by atoms with Crippen molar-refractivity contribution in [2.45, 2.75) is 24.4 Å². The van der Waals surface area contributed by atoms with Crippen molar-refractivity contribution in [2.75, 3.05) is 12.4 Å². The average molecular weight is 370 g/mol. The molecule has 2 aromatic rings. The summed E-state index contributed by atoms with van der Waals surface area (Å²) in [6.07, 6.45) is -3.29. The lowest BCUT2D eigenvalue weighted by atomic mass is 9.95. The molecule has 0 aliphatic heterocycles. The Hall–Kier alpha value is -2.21. The summed E-state index contributed by atoms with van der Waals surface area (Å²) in [6.45, 7) is 0. The van der Waals surface area contributed by atoms with Gasteiger partial charge in [-0.25, -0.2) is 0 Å². The molecule has 25 heavy (non-hydrogen) atoms. The second-order valence-electron chi connectivity index (χ2n) is 5.96. The number of nitrogens with one attached hydrogen (secondary N) is 1. The Kier molecular flexibility index (Phi) is 4.41. The highest BCUT2D eigenvalue weighted by molar-refractivity contribution is 6.30. The Morgan fingerprint density at radius 2 is 1.80 bits per heavy atom. The summed E-state index contributed by atoms with van der Waals surface area (Å²) < 4.78 is 44.0. The van der Waals surface area contributed by atoms with E-state index in [1.165, 1.54) is 19.2 Å². The van der Waals surface area contributed by atoms with E-state index in [1.54, 1.807) is 24.3 Å². The lowest BCUT2D eigenvalue weighted by Gasteiger charge is -2.18. The van der Waals surface area contributed by atoms with Crippen LogP contribution in [-0.2, 0) is 16.4 Å². The molecular weight excluding hydrogens is 355 g/mol. The summed E-state index contributed by atoms with van der Waals surface area (Å²) in [7, 11) is 1.17. The largest absolute Gasteiger partial charge is 0.496 e. The van der Waals surface area contributed by atoms with Gasteiger partial charge in [0.2, 0.25) is 5.91 Å². The molecule has 0 bridgehead atoms. The SMILES string of the molecule is COc1ccc(NC(=O)C2(c3ccc(Cl)cc3)CC2)cc1C(F)(F)F. The normalized spacial score (nSPS) is 15.6. The summed E-state index contributed by atoms with van der Waals surface area (Å²) in [5, 5.41) is 3.15. The maximum absolute atomic E-state index is 13.1. The molecule has 0 radical (unpaired) electrons. The van der Waals surface area contributed by atoms with Crippen LogP contribution in [0.2, 0.25) is 5.02 Å². The van der Waals surface area contributed by atoms with Crippen molar-refractivity contribution in [3.05, 3.63) is 58.6 Å². The van der Waals surface area contributed by atoms with Crippen LogP contribution >= 0.6 is 11.6 Å². The molecule has 3 rings (SSSR count). The zero-order chi connectivity index (χ0) is 18.2. The molecule has 132 valence electrons. The van der Waals surface area contributed by atoms with Gasteiger partial charge in [0, 0.05) is 10.7 Å². The lowest BCUT2D eigenvalue weighted by molar-refractivity contribution is -0.138. The second kappa shape index (κ2) is 6.26. The first kappa shape index (κ1) is 17.6. The van der Waals surface area contributed by atoms with Gasteiger partial charge in [-0.1, -0.05) is 23.7 Å². The summed E-state index contributed by atoms with van der Waals surface area (Å²) in [5.74, 6) is -0.613. The molecule has 7 heteroatoms. The number of alkyl halides is 3. The Morgan fingerprint density at radius 3 is 2.32 bits per heavy atom. The van der Waals surface area contributed by atoms with Crippen molar-refractivity contribution >= 4 is 23.2 Å². The van der Waals surface area contributed by atoms with E-state index >= 15 is 0 Å². The Labute approximate surface area is 147 Å². The van der Waals surface area contributed by atoms with Crippen LogP contribution in [-0.4, -0.2) is 13.0 Å². The van der Waals surface area contributed by atoms with Crippen LogP contribution in [0.15, 0.2) is 42.5 Å². The van der Waals surface area contributed by atoms with Crippen LogP contribution in [0.4, 0.5) is 18.9 Å². The molecule has 0 atom stereocenters. The predicted octanol–water partition coefficient (Wildman–Crippen LogP) is 5.04. The van der Waals surface area contributed by atoms with Crippen LogP contribution in [0.3, 0.4) is 0 Å². The number of amides is 1. The van der Waals surface area contributed by atoms with Crippen LogP contribution in [0.1, 0.15) is 24.0 Å². The summed E-state index contributed by atoms with van der Waals surface area (Å²) in [4.78, 5) is 12.6. The summed E-state index contributed by atoms with van der Waals surface area (Å²) >= 11 is 5.86. The highest BCUT2D eigenvalue weighted by Crippen LogP contribution is 2.49. The molecule has 2 aromatic carbocycles. The van der Waals surface area contributed by atoms with Gasteiger partial charge in [0.15, 0.2) is 0 Å². The summed E-state index contributed by atoms with van der Waals surface area (Å²) in [6, 6.07) is 10.4. The van der Waals surface area contributed by atoms with Gasteiger partial charge in [-0.15, -0.1) is 0 Å². The standard InChI is InChI=1S/C18H15ClF3NO2/c1-25-15-7-6-13(10-14(15)18(20,21)22)23-16(24)17(8-9-17)11-2-4-12(19)5-3-11/h2-7,10H,8-9H2,1H3,(H,23,24). The third-order valence-electron chi connectivity index (χ3n) is 4.34. The Morgan fingerprint density at radius 1 is 1.16 bits per heavy atom. The molecule has 1 amide bonds. The third-order valence-corrected chi connectivity index (χ3v) is 4.60. The van der Waals surface area contributed by atoms with Gasteiger partial charge in [0.05, 0.1) is 18.1 Å². The third kappa shape index (κ3) is 3.44. The highest BCUT2D eigenvalue weighted by Gasteiger charge is 2.51. The van der Waals surface area contributed by atoms with Crippen LogP contribution in [0.5, 0.6) is 5.75 Å². The van der Waals surface area contributed by atoms with Crippen molar-refractivity contribution in [2.24, 2.45) is 0 Å². The molecule has 0 unspecified atom stereocenters. The maximum Gasteiger partial charge on any atom is 0.420 e. The zero-order valence-corrected chi connectivity index (χ0v) is 14.0. The van der Waals surface area contributed by atoms with Gasteiger partial charge >= 0.3 is 6.18 Å². The molecule has 1 saturated carbocycles. The highest BCUT2D eigenvalue weighted by atomic mass is 35.5. The van der Waals surface area contributed by atoms with Crippen molar-refractivity contribution in [1.29, 1.82) is 0 Å². The molecule has 0 heterocycles. The molecule has 1 fully saturated rings. The molecular formula is C18H15ClF3NO2. The number of methoxy groups -OCH3 is 1. The number of halogens is 4. The second-order valence-corrected chi connectivity index (χ2v) is 6.39. The molecule has 0 saturated heterocycles. The minimum Gasteiger partial charge on any atom is -0.496 e. The zero-order valence-electron chi connectivity index (χ0n) is 13.3. The number of rotatable bonds is 4. The van der Waals surface area contributed by atoms with E-state index < -0.39 is 17.2 Å². The van der Waals surface area contributed by atoms with Crippen LogP contribution in [0, 0.1) is 0 Å². The Bertz CT molecular complexity index is 799. The first-order valence-corrected chi connectivity index (χ1v) is 7.97. The monoisotopic (exact) mass is 369 g/mol. The van der Waals surface area contributed by atoms with E-state index in [9.17, 15) is 18.0 Å². The van der Waals surface area contributed by atoms with E-state index in [4.69, 9.17) is 16.3 Å². The van der Waals surface area contributed by atoms with Gasteiger partial charge in [-0.2, -0.15) is 13.2 Å². The van der Waals surface area contributed by atoms with E-state index in [2.05, 4.69) is 5.32 Å². The first-order chi connectivity index (χ1) is 11.8. The molecule has 1 aliphatic rings. The number of benzene rings is 2. The number of ether oxygens (including phenoxy) is 1. The molecule has 0 spiro atoms. The fraction of sp³-hybridized carbons (Fsp3) is 0.278. The Balaban J connectivity index is 1.85. The van der Waals surface area contributed by atoms with Gasteiger partial charge in [-0.05, 0) is 48.7 Å². The van der Waals surface area contributed by atoms with E-state index in [0.29, 0.717) is 17.9 Å². The van der Waals surface area contributed by atoms with Gasteiger partial charge in [0.25, 0.3) is 0 Å². The number of anilines is 1. The minimum absolute atomic E-state index is 0.0818. The van der Waals surface area contributed by atoms with E-state index in [-0.39, 0.29) is 17.3 Å². The quantitative estimate of drug-likeness (QED) is 0.820. The molecule has 3 nitrogen and oxygen atoms in total. The van der Waals surface area contributed by atoms with Crippen molar-refractivity contribution in [3.8, 4) is 5.75 Å². The van der Waals surface area contributed by atoms with E-state index in [0.717, 1.165) is 11.6 Å². The minimum atomic E-state index is -4.57. The molecule has 1 N–H and O–H groups in total. The molecule has 1 aliphatic carbocycles. The maximum atomic E-state index is 13.1. The van der Waals surface area contributed by atoms with Crippen LogP contribution in [0.25, 0.3) is 0 Å². The molecule has 0 aromatic heterocycles. The number of hydrogen-bond acceptors (Lipinski definition) is 2. The van der Waals surface area contributed by atoms with Crippen LogP contribution < -0.4 is 10.1 Å². The van der Waals surface area contributed by atoms with E-state index in [1.807, 2.05) is 0 Å². The lowest BCUT2D eigenvalue weighted by Crippen LogP contribution is -2.28. The van der Waals surface area contributed by atoms with Crippen molar-refractivity contribution in [1.82, 2.24) is 0 Å². The summed E-state index contributed by atoms with van der Waals surface area (Å²) in [5.41, 5.74) is -0.746. The fourth-order valence-corrected chi connectivity index (χ4v) is 2.92. The number of carbonyl (C=O) groups excluding carboxylic acids is 1. The van der Waals surface area contributed by atoms with Crippen molar-refractivity contribution in [3.63, 3.8) is 0 Å². The van der Waals surface area contributed by atoms with Gasteiger partial charge in [0.1, 0.15) is 5.75 Å². The fourth-order valence-electron chi connectivity index (χ4n) is 2.80. The smallest absolute Gasteiger partial charge is 0.420 e. The van der Waals surface area contributed by atoms with Gasteiger partial charge in [-0.3, -0.25) is 4.79 Å². The predicted molar refractivity (Wildman–Crippen MR) is 89.0 cm³/mol. The average Bonchev–Trinajstić information content (AvgIpc) is 3.36. The van der Waals surface area contributed by atoms with Crippen molar-refractivity contribution < 1.29 is 22.7 Å². The number of carbonyl (C=O) groups is 1. The van der Waals surface area contributed by atoms with Gasteiger partial charge < -0.3 is 10.1 Å². The topological polar surface area (TPSA) is 38.3 Å². The number of hydrogen-bond donors (Lipinski definition) is 1. The first-order valence-electron chi connectivity index (χ1n) is 7.59.